The lowest BCUT2D eigenvalue weighted by Crippen LogP contribution is -2.19. The summed E-state index contributed by atoms with van der Waals surface area (Å²) in [6.07, 6.45) is 2.38. The van der Waals surface area contributed by atoms with Crippen molar-refractivity contribution >= 4 is 11.6 Å². The van der Waals surface area contributed by atoms with Crippen LogP contribution in [0.3, 0.4) is 0 Å². The molecule has 0 aliphatic heterocycles. The van der Waals surface area contributed by atoms with Gasteiger partial charge in [-0.25, -0.2) is 0 Å². The summed E-state index contributed by atoms with van der Waals surface area (Å²) in [6, 6.07) is 8.97. The summed E-state index contributed by atoms with van der Waals surface area (Å²) in [4.78, 5) is 11.2. The molecule has 2 rings (SSSR count). The van der Waals surface area contributed by atoms with E-state index < -0.39 is 5.91 Å². The highest BCUT2D eigenvalue weighted by atomic mass is 16.5. The van der Waals surface area contributed by atoms with Crippen LogP contribution in [-0.4, -0.2) is 19.1 Å². The predicted octanol–water partition coefficient (Wildman–Crippen LogP) is 2.43. The summed E-state index contributed by atoms with van der Waals surface area (Å²) in [5.41, 5.74) is 6.47. The van der Waals surface area contributed by atoms with Gasteiger partial charge in [-0.05, 0) is 37.3 Å². The first-order chi connectivity index (χ1) is 9.60. The molecule has 0 bridgehead atoms. The molecular formula is C15H18N2O3. The van der Waals surface area contributed by atoms with Crippen LogP contribution in [0.2, 0.25) is 0 Å². The lowest BCUT2D eigenvalue weighted by Gasteiger charge is -2.17. The average molecular weight is 274 g/mol. The zero-order valence-electron chi connectivity index (χ0n) is 11.6. The number of carbonyl (C=O) groups is 1. The van der Waals surface area contributed by atoms with E-state index in [0.29, 0.717) is 11.3 Å². The van der Waals surface area contributed by atoms with E-state index in [1.54, 1.807) is 31.6 Å². The summed E-state index contributed by atoms with van der Waals surface area (Å²) in [6.45, 7) is 2.03. The smallest absolute Gasteiger partial charge is 0.248 e. The van der Waals surface area contributed by atoms with Crippen LogP contribution in [0.1, 0.15) is 23.0 Å². The number of nitrogens with one attached hydrogen (secondary N) is 1. The molecule has 0 radical (unpaired) electrons. The molecule has 0 fully saturated rings. The highest BCUT2D eigenvalue weighted by Gasteiger charge is 2.11. The van der Waals surface area contributed by atoms with E-state index in [-0.39, 0.29) is 6.04 Å². The number of amides is 1. The molecule has 2 aromatic rings. The number of furan rings is 1. The van der Waals surface area contributed by atoms with Crippen molar-refractivity contribution in [3.63, 3.8) is 0 Å². The zero-order chi connectivity index (χ0) is 14.5. The Morgan fingerprint density at radius 1 is 1.45 bits per heavy atom. The zero-order valence-corrected chi connectivity index (χ0v) is 11.6. The molecule has 1 heterocycles. The van der Waals surface area contributed by atoms with Gasteiger partial charge in [-0.3, -0.25) is 4.79 Å². The lowest BCUT2D eigenvalue weighted by atomic mass is 10.1. The largest absolute Gasteiger partial charge is 0.495 e. The van der Waals surface area contributed by atoms with E-state index in [0.717, 1.165) is 17.9 Å². The van der Waals surface area contributed by atoms with Crippen molar-refractivity contribution in [3.05, 3.63) is 47.9 Å². The molecule has 1 atom stereocenters. The number of hydrogen-bond acceptors (Lipinski definition) is 4. The van der Waals surface area contributed by atoms with Gasteiger partial charge in [0.25, 0.3) is 0 Å². The number of anilines is 1. The van der Waals surface area contributed by atoms with Crippen LogP contribution >= 0.6 is 0 Å². The Hall–Kier alpha value is -2.43. The molecule has 5 nitrogen and oxygen atoms in total. The van der Waals surface area contributed by atoms with Crippen LogP contribution in [0.15, 0.2) is 41.0 Å². The summed E-state index contributed by atoms with van der Waals surface area (Å²) >= 11 is 0. The van der Waals surface area contributed by atoms with Crippen molar-refractivity contribution in [3.8, 4) is 5.75 Å². The monoisotopic (exact) mass is 274 g/mol. The van der Waals surface area contributed by atoms with Gasteiger partial charge in [-0.15, -0.1) is 0 Å². The molecule has 106 valence electrons. The third-order valence-electron chi connectivity index (χ3n) is 2.97. The van der Waals surface area contributed by atoms with Crippen LogP contribution in [-0.2, 0) is 6.42 Å². The fourth-order valence-corrected chi connectivity index (χ4v) is 2.02. The minimum absolute atomic E-state index is 0.123. The van der Waals surface area contributed by atoms with Crippen molar-refractivity contribution in [2.75, 3.05) is 12.4 Å². The van der Waals surface area contributed by atoms with Gasteiger partial charge in [0.15, 0.2) is 0 Å². The Bertz CT molecular complexity index is 579. The Labute approximate surface area is 117 Å². The maximum absolute atomic E-state index is 11.2. The van der Waals surface area contributed by atoms with E-state index in [2.05, 4.69) is 5.32 Å². The highest BCUT2D eigenvalue weighted by molar-refractivity contribution is 5.94. The summed E-state index contributed by atoms with van der Waals surface area (Å²) in [5, 5.41) is 3.30. The van der Waals surface area contributed by atoms with Crippen LogP contribution in [0.25, 0.3) is 0 Å². The summed E-state index contributed by atoms with van der Waals surface area (Å²) in [5.74, 6) is 1.10. The van der Waals surface area contributed by atoms with Gasteiger partial charge in [0.1, 0.15) is 11.5 Å². The Balaban J connectivity index is 2.14. The quantitative estimate of drug-likeness (QED) is 0.848. The van der Waals surface area contributed by atoms with Gasteiger partial charge < -0.3 is 20.2 Å². The summed E-state index contributed by atoms with van der Waals surface area (Å²) < 4.78 is 10.6. The number of primary amides is 1. The second kappa shape index (κ2) is 6.14. The molecule has 0 saturated carbocycles. The van der Waals surface area contributed by atoms with E-state index in [1.807, 2.05) is 19.1 Å². The van der Waals surface area contributed by atoms with Gasteiger partial charge in [-0.1, -0.05) is 0 Å². The van der Waals surface area contributed by atoms with Crippen molar-refractivity contribution in [2.24, 2.45) is 5.73 Å². The Kier molecular flexibility index (Phi) is 4.30. The maximum atomic E-state index is 11.2. The van der Waals surface area contributed by atoms with Crippen molar-refractivity contribution in [1.82, 2.24) is 0 Å². The lowest BCUT2D eigenvalue weighted by molar-refractivity contribution is 0.100. The highest BCUT2D eigenvalue weighted by Crippen LogP contribution is 2.26. The SMILES string of the molecule is COc1ccc(C(N)=O)cc1NC(C)Cc1ccco1. The van der Waals surface area contributed by atoms with Crippen molar-refractivity contribution < 1.29 is 13.9 Å². The van der Waals surface area contributed by atoms with Gasteiger partial charge in [0.2, 0.25) is 5.91 Å². The number of carbonyl (C=O) groups excluding carboxylic acids is 1. The maximum Gasteiger partial charge on any atom is 0.248 e. The number of methoxy groups -OCH3 is 1. The van der Waals surface area contributed by atoms with Crippen LogP contribution in [0.5, 0.6) is 5.75 Å². The predicted molar refractivity (Wildman–Crippen MR) is 77.0 cm³/mol. The molecule has 0 spiro atoms. The van der Waals surface area contributed by atoms with E-state index in [9.17, 15) is 4.79 Å². The van der Waals surface area contributed by atoms with E-state index >= 15 is 0 Å². The van der Waals surface area contributed by atoms with Crippen LogP contribution < -0.4 is 15.8 Å². The number of nitrogens with two attached hydrogens (primary N) is 1. The van der Waals surface area contributed by atoms with Crippen molar-refractivity contribution in [1.29, 1.82) is 0 Å². The van der Waals surface area contributed by atoms with Crippen molar-refractivity contribution in [2.45, 2.75) is 19.4 Å². The average Bonchev–Trinajstić information content (AvgIpc) is 2.91. The number of hydrogen-bond donors (Lipinski definition) is 2. The summed E-state index contributed by atoms with van der Waals surface area (Å²) in [7, 11) is 1.58. The molecule has 3 N–H and O–H groups in total. The minimum atomic E-state index is -0.464. The Morgan fingerprint density at radius 2 is 2.25 bits per heavy atom. The van der Waals surface area contributed by atoms with Gasteiger partial charge >= 0.3 is 0 Å². The fraction of sp³-hybridized carbons (Fsp3) is 0.267. The molecule has 1 amide bonds. The third-order valence-corrected chi connectivity index (χ3v) is 2.97. The molecule has 1 aromatic carbocycles. The first-order valence-corrected chi connectivity index (χ1v) is 6.37. The molecule has 5 heteroatoms. The van der Waals surface area contributed by atoms with Gasteiger partial charge in [0.05, 0.1) is 19.1 Å². The van der Waals surface area contributed by atoms with Crippen LogP contribution in [0.4, 0.5) is 5.69 Å². The van der Waals surface area contributed by atoms with Gasteiger partial charge in [0, 0.05) is 18.0 Å². The van der Waals surface area contributed by atoms with Crippen LogP contribution in [0, 0.1) is 0 Å². The molecule has 1 unspecified atom stereocenters. The standard InChI is InChI=1S/C15H18N2O3/c1-10(8-12-4-3-7-20-12)17-13-9-11(15(16)18)5-6-14(13)19-2/h3-7,9-10,17H,8H2,1-2H3,(H2,16,18). The second-order valence-electron chi connectivity index (χ2n) is 4.61. The fourth-order valence-electron chi connectivity index (χ4n) is 2.02. The first-order valence-electron chi connectivity index (χ1n) is 6.37. The number of benzene rings is 1. The van der Waals surface area contributed by atoms with E-state index in [1.165, 1.54) is 0 Å². The normalized spacial score (nSPS) is 11.9. The third kappa shape index (κ3) is 3.32. The molecule has 20 heavy (non-hydrogen) atoms. The molecule has 0 aliphatic rings. The minimum Gasteiger partial charge on any atom is -0.495 e. The first kappa shape index (κ1) is 14.0. The Morgan fingerprint density at radius 3 is 2.85 bits per heavy atom. The molecule has 0 saturated heterocycles. The molecule has 0 aliphatic carbocycles. The van der Waals surface area contributed by atoms with E-state index in [4.69, 9.17) is 14.9 Å². The molecular weight excluding hydrogens is 256 g/mol. The topological polar surface area (TPSA) is 77.5 Å². The van der Waals surface area contributed by atoms with Gasteiger partial charge in [-0.2, -0.15) is 0 Å². The number of rotatable bonds is 6. The second-order valence-corrected chi connectivity index (χ2v) is 4.61. The number of ether oxygens (including phenoxy) is 1. The molecule has 1 aromatic heterocycles.